The zero-order valence-corrected chi connectivity index (χ0v) is 10.5. The average molecular weight is 233 g/mol. The fourth-order valence-electron chi connectivity index (χ4n) is 2.06. The summed E-state index contributed by atoms with van der Waals surface area (Å²) in [6.45, 7) is 6.20. The van der Waals surface area contributed by atoms with Gasteiger partial charge in [0.15, 0.2) is 11.6 Å². The number of piperidine rings is 1. The first kappa shape index (κ1) is 12.0. The minimum Gasteiger partial charge on any atom is -0.355 e. The number of aromatic nitrogens is 2. The molecule has 0 unspecified atom stereocenters. The van der Waals surface area contributed by atoms with Crippen molar-refractivity contribution in [3.8, 4) is 0 Å². The summed E-state index contributed by atoms with van der Waals surface area (Å²) >= 11 is 0. The molecule has 1 aromatic rings. The first-order chi connectivity index (χ1) is 8.20. The molecule has 1 aliphatic heterocycles. The highest BCUT2D eigenvalue weighted by Crippen LogP contribution is 2.20. The van der Waals surface area contributed by atoms with Crippen LogP contribution in [0.1, 0.15) is 43.6 Å². The standard InChI is InChI=1S/C13H19N3O/c1-3-12(17)11-4-5-13(15-14-11)16-8-6-10(2)7-9-16/h4-5,10H,3,6-9H2,1-2H3. The van der Waals surface area contributed by atoms with Crippen molar-refractivity contribution in [2.75, 3.05) is 18.0 Å². The monoisotopic (exact) mass is 233 g/mol. The lowest BCUT2D eigenvalue weighted by Crippen LogP contribution is -2.33. The molecule has 0 atom stereocenters. The molecule has 0 N–H and O–H groups in total. The molecular weight excluding hydrogens is 214 g/mol. The Morgan fingerprint density at radius 1 is 1.35 bits per heavy atom. The highest BCUT2D eigenvalue weighted by molar-refractivity contribution is 5.93. The quantitative estimate of drug-likeness (QED) is 0.752. The topological polar surface area (TPSA) is 46.1 Å². The van der Waals surface area contributed by atoms with Crippen molar-refractivity contribution < 1.29 is 4.79 Å². The number of ketones is 1. The molecule has 0 bridgehead atoms. The van der Waals surface area contributed by atoms with Crippen LogP contribution in [0.25, 0.3) is 0 Å². The van der Waals surface area contributed by atoms with Crippen LogP contribution in [0.3, 0.4) is 0 Å². The first-order valence-electron chi connectivity index (χ1n) is 6.32. The van der Waals surface area contributed by atoms with E-state index in [1.165, 1.54) is 12.8 Å². The molecule has 2 heterocycles. The number of anilines is 1. The van der Waals surface area contributed by atoms with E-state index < -0.39 is 0 Å². The molecule has 1 aliphatic rings. The minimum absolute atomic E-state index is 0.0521. The summed E-state index contributed by atoms with van der Waals surface area (Å²) in [5.41, 5.74) is 0.474. The normalized spacial score (nSPS) is 17.2. The Kier molecular flexibility index (Phi) is 3.71. The Morgan fingerprint density at radius 3 is 2.59 bits per heavy atom. The summed E-state index contributed by atoms with van der Waals surface area (Å²) < 4.78 is 0. The summed E-state index contributed by atoms with van der Waals surface area (Å²) in [5, 5.41) is 8.15. The van der Waals surface area contributed by atoms with E-state index >= 15 is 0 Å². The summed E-state index contributed by atoms with van der Waals surface area (Å²) in [5.74, 6) is 1.75. The van der Waals surface area contributed by atoms with Gasteiger partial charge in [-0.15, -0.1) is 10.2 Å². The fourth-order valence-corrected chi connectivity index (χ4v) is 2.06. The zero-order valence-electron chi connectivity index (χ0n) is 10.5. The molecule has 92 valence electrons. The molecule has 4 nitrogen and oxygen atoms in total. The summed E-state index contributed by atoms with van der Waals surface area (Å²) in [7, 11) is 0. The third-order valence-corrected chi connectivity index (χ3v) is 3.36. The van der Waals surface area contributed by atoms with Gasteiger partial charge in [0.25, 0.3) is 0 Å². The van der Waals surface area contributed by atoms with E-state index in [1.54, 1.807) is 6.07 Å². The van der Waals surface area contributed by atoms with Crippen LogP contribution in [0, 0.1) is 5.92 Å². The maximum absolute atomic E-state index is 11.4. The molecule has 0 saturated carbocycles. The van der Waals surface area contributed by atoms with Gasteiger partial charge in [-0.1, -0.05) is 13.8 Å². The van der Waals surface area contributed by atoms with Gasteiger partial charge >= 0.3 is 0 Å². The summed E-state index contributed by atoms with van der Waals surface area (Å²) in [6, 6.07) is 3.69. The van der Waals surface area contributed by atoms with Crippen LogP contribution in [0.4, 0.5) is 5.82 Å². The Balaban J connectivity index is 2.05. The predicted molar refractivity (Wildman–Crippen MR) is 67.3 cm³/mol. The lowest BCUT2D eigenvalue weighted by molar-refractivity contribution is 0.0982. The van der Waals surface area contributed by atoms with Crippen molar-refractivity contribution in [1.29, 1.82) is 0 Å². The van der Waals surface area contributed by atoms with Crippen LogP contribution in [0.15, 0.2) is 12.1 Å². The Hall–Kier alpha value is -1.45. The second-order valence-corrected chi connectivity index (χ2v) is 4.72. The molecule has 0 aliphatic carbocycles. The molecule has 1 aromatic heterocycles. The lowest BCUT2D eigenvalue weighted by atomic mass is 9.99. The number of nitrogens with zero attached hydrogens (tertiary/aromatic N) is 3. The van der Waals surface area contributed by atoms with Gasteiger partial charge in [0.05, 0.1) is 0 Å². The third-order valence-electron chi connectivity index (χ3n) is 3.36. The molecule has 1 fully saturated rings. The molecule has 1 saturated heterocycles. The van der Waals surface area contributed by atoms with Crippen molar-refractivity contribution in [1.82, 2.24) is 10.2 Å². The number of hydrogen-bond acceptors (Lipinski definition) is 4. The van der Waals surface area contributed by atoms with Gasteiger partial charge in [-0.2, -0.15) is 0 Å². The van der Waals surface area contributed by atoms with Gasteiger partial charge < -0.3 is 4.90 Å². The van der Waals surface area contributed by atoms with Crippen LogP contribution in [-0.2, 0) is 0 Å². The van der Waals surface area contributed by atoms with Crippen LogP contribution >= 0.6 is 0 Å². The molecule has 0 amide bonds. The maximum atomic E-state index is 11.4. The Labute approximate surface area is 102 Å². The van der Waals surface area contributed by atoms with Crippen molar-refractivity contribution in [3.63, 3.8) is 0 Å². The Morgan fingerprint density at radius 2 is 2.06 bits per heavy atom. The largest absolute Gasteiger partial charge is 0.355 e. The van der Waals surface area contributed by atoms with E-state index in [1.807, 2.05) is 13.0 Å². The van der Waals surface area contributed by atoms with Gasteiger partial charge in [0.1, 0.15) is 5.69 Å². The molecule has 0 spiro atoms. The van der Waals surface area contributed by atoms with Crippen molar-refractivity contribution in [3.05, 3.63) is 17.8 Å². The summed E-state index contributed by atoms with van der Waals surface area (Å²) in [6.07, 6.45) is 2.89. The average Bonchev–Trinajstić information content (AvgIpc) is 2.39. The van der Waals surface area contributed by atoms with E-state index in [2.05, 4.69) is 22.0 Å². The fraction of sp³-hybridized carbons (Fsp3) is 0.615. The Bertz CT molecular complexity index is 380. The number of carbonyl (C=O) groups is 1. The van der Waals surface area contributed by atoms with Crippen molar-refractivity contribution in [2.45, 2.75) is 33.1 Å². The van der Waals surface area contributed by atoms with E-state index in [9.17, 15) is 4.79 Å². The molecular formula is C13H19N3O. The van der Waals surface area contributed by atoms with Gasteiger partial charge in [0.2, 0.25) is 0 Å². The number of rotatable bonds is 3. The van der Waals surface area contributed by atoms with Gasteiger partial charge in [-0.05, 0) is 30.9 Å². The van der Waals surface area contributed by atoms with Crippen molar-refractivity contribution >= 4 is 11.6 Å². The van der Waals surface area contributed by atoms with E-state index in [4.69, 9.17) is 0 Å². The van der Waals surface area contributed by atoms with Gasteiger partial charge in [-0.3, -0.25) is 4.79 Å². The highest BCUT2D eigenvalue weighted by atomic mass is 16.1. The SMILES string of the molecule is CCC(=O)c1ccc(N2CCC(C)CC2)nn1. The van der Waals surface area contributed by atoms with E-state index in [0.717, 1.165) is 24.8 Å². The molecule has 2 rings (SSSR count). The van der Waals surface area contributed by atoms with Gasteiger partial charge in [0, 0.05) is 19.5 Å². The van der Waals surface area contributed by atoms with E-state index in [-0.39, 0.29) is 5.78 Å². The minimum atomic E-state index is 0.0521. The van der Waals surface area contributed by atoms with E-state index in [0.29, 0.717) is 12.1 Å². The maximum Gasteiger partial charge on any atom is 0.182 e. The molecule has 0 radical (unpaired) electrons. The molecule has 0 aromatic carbocycles. The second-order valence-electron chi connectivity index (χ2n) is 4.72. The highest BCUT2D eigenvalue weighted by Gasteiger charge is 2.17. The van der Waals surface area contributed by atoms with Crippen LogP contribution < -0.4 is 4.90 Å². The molecule has 4 heteroatoms. The van der Waals surface area contributed by atoms with Crippen molar-refractivity contribution in [2.24, 2.45) is 5.92 Å². The summed E-state index contributed by atoms with van der Waals surface area (Å²) in [4.78, 5) is 13.7. The van der Waals surface area contributed by atoms with Gasteiger partial charge in [-0.25, -0.2) is 0 Å². The lowest BCUT2D eigenvalue weighted by Gasteiger charge is -2.30. The number of carbonyl (C=O) groups excluding carboxylic acids is 1. The second kappa shape index (κ2) is 5.25. The van der Waals surface area contributed by atoms with Crippen LogP contribution in [-0.4, -0.2) is 29.1 Å². The predicted octanol–water partition coefficient (Wildman–Crippen LogP) is 2.31. The molecule has 17 heavy (non-hydrogen) atoms. The number of hydrogen-bond donors (Lipinski definition) is 0. The zero-order chi connectivity index (χ0) is 12.3. The van der Waals surface area contributed by atoms with Crippen LogP contribution in [0.5, 0.6) is 0 Å². The smallest absolute Gasteiger partial charge is 0.182 e. The number of Topliss-reactive ketones (excluding diaryl/α,β-unsaturated/α-hetero) is 1. The third kappa shape index (κ3) is 2.81. The van der Waals surface area contributed by atoms with Crippen LogP contribution in [0.2, 0.25) is 0 Å². The first-order valence-corrected chi connectivity index (χ1v) is 6.32.